The summed E-state index contributed by atoms with van der Waals surface area (Å²) in [5, 5.41) is 11.1. The summed E-state index contributed by atoms with van der Waals surface area (Å²) < 4.78 is 38.3. The molecule has 0 unspecified atom stereocenters. The van der Waals surface area contributed by atoms with Gasteiger partial charge in [-0.1, -0.05) is 23.2 Å². The number of fused-ring (bicyclic) bond motifs is 1. The number of nitrogens with zero attached hydrogens (tertiary/aromatic N) is 1. The first-order chi connectivity index (χ1) is 11.3. The molecule has 1 heterocycles. The van der Waals surface area contributed by atoms with E-state index >= 15 is 0 Å². The van der Waals surface area contributed by atoms with Gasteiger partial charge in [-0.2, -0.15) is 13.2 Å². The van der Waals surface area contributed by atoms with E-state index in [1.165, 1.54) is 6.21 Å². The number of H-pyrrole nitrogens is 1. The van der Waals surface area contributed by atoms with Crippen molar-refractivity contribution in [1.29, 1.82) is 0 Å². The molecule has 0 saturated heterocycles. The maximum atomic E-state index is 12.8. The summed E-state index contributed by atoms with van der Waals surface area (Å²) in [5.41, 5.74) is 0.0157. The van der Waals surface area contributed by atoms with E-state index in [9.17, 15) is 18.3 Å². The van der Waals surface area contributed by atoms with Crippen LogP contribution in [0.15, 0.2) is 41.4 Å². The zero-order valence-corrected chi connectivity index (χ0v) is 13.3. The Morgan fingerprint density at radius 2 is 1.83 bits per heavy atom. The molecule has 1 aromatic heterocycles. The zero-order chi connectivity index (χ0) is 17.5. The Morgan fingerprint density at radius 1 is 1.08 bits per heavy atom. The first kappa shape index (κ1) is 16.7. The molecule has 3 aromatic rings. The largest absolute Gasteiger partial charge is 0.494 e. The summed E-state index contributed by atoms with van der Waals surface area (Å²) in [6, 6.07) is 7.78. The number of halogens is 5. The summed E-state index contributed by atoms with van der Waals surface area (Å²) in [7, 11) is 0. The monoisotopic (exact) mass is 372 g/mol. The van der Waals surface area contributed by atoms with Crippen LogP contribution < -0.4 is 0 Å². The molecule has 2 N–H and O–H groups in total. The molecule has 2 aromatic carbocycles. The molecule has 0 bridgehead atoms. The van der Waals surface area contributed by atoms with Gasteiger partial charge < -0.3 is 10.1 Å². The summed E-state index contributed by atoms with van der Waals surface area (Å²) >= 11 is 11.8. The van der Waals surface area contributed by atoms with Crippen molar-refractivity contribution < 1.29 is 18.3 Å². The van der Waals surface area contributed by atoms with Crippen molar-refractivity contribution in [3.63, 3.8) is 0 Å². The van der Waals surface area contributed by atoms with Crippen LogP contribution >= 0.6 is 23.2 Å². The Bertz CT molecular complexity index is 948. The lowest BCUT2D eigenvalue weighted by molar-refractivity contribution is -0.137. The first-order valence-electron chi connectivity index (χ1n) is 6.67. The lowest BCUT2D eigenvalue weighted by Crippen LogP contribution is -2.04. The Balaban J connectivity index is 2.06. The number of hydrogen-bond acceptors (Lipinski definition) is 2. The number of alkyl halides is 3. The van der Waals surface area contributed by atoms with Crippen molar-refractivity contribution in [2.24, 2.45) is 4.99 Å². The minimum Gasteiger partial charge on any atom is -0.494 e. The third-order valence-corrected chi connectivity index (χ3v) is 3.94. The van der Waals surface area contributed by atoms with Gasteiger partial charge in [-0.15, -0.1) is 0 Å². The normalized spacial score (nSPS) is 12.4. The van der Waals surface area contributed by atoms with Gasteiger partial charge in [-0.25, -0.2) is 0 Å². The van der Waals surface area contributed by atoms with Crippen molar-refractivity contribution in [2.75, 3.05) is 0 Å². The van der Waals surface area contributed by atoms with E-state index in [4.69, 9.17) is 23.2 Å². The van der Waals surface area contributed by atoms with E-state index in [0.717, 1.165) is 18.2 Å². The van der Waals surface area contributed by atoms with E-state index < -0.39 is 11.7 Å². The third kappa shape index (κ3) is 3.20. The number of aliphatic imine (C=N–C) groups is 1. The van der Waals surface area contributed by atoms with Crippen LogP contribution in [-0.4, -0.2) is 16.3 Å². The fraction of sp³-hybridized carbons (Fsp3) is 0.0625. The fourth-order valence-electron chi connectivity index (χ4n) is 2.22. The lowest BCUT2D eigenvalue weighted by Gasteiger charge is -2.07. The molecule has 3 rings (SSSR count). The second kappa shape index (κ2) is 6.03. The van der Waals surface area contributed by atoms with Gasteiger partial charge >= 0.3 is 6.18 Å². The van der Waals surface area contributed by atoms with Crippen LogP contribution in [0.3, 0.4) is 0 Å². The highest BCUT2D eigenvalue weighted by atomic mass is 35.5. The fourth-order valence-corrected chi connectivity index (χ4v) is 2.56. The van der Waals surface area contributed by atoms with Crippen LogP contribution in [-0.2, 0) is 6.18 Å². The second-order valence-electron chi connectivity index (χ2n) is 5.00. The molecule has 0 spiro atoms. The molecule has 24 heavy (non-hydrogen) atoms. The van der Waals surface area contributed by atoms with Crippen molar-refractivity contribution in [3.05, 3.63) is 57.6 Å². The molecule has 0 aliphatic rings. The highest BCUT2D eigenvalue weighted by molar-refractivity contribution is 6.33. The van der Waals surface area contributed by atoms with Gasteiger partial charge in [0.25, 0.3) is 0 Å². The van der Waals surface area contributed by atoms with Gasteiger partial charge in [0.1, 0.15) is 0 Å². The number of hydrogen-bond donors (Lipinski definition) is 2. The summed E-state index contributed by atoms with van der Waals surface area (Å²) in [6.45, 7) is 0. The Morgan fingerprint density at radius 3 is 2.54 bits per heavy atom. The molecular weight excluding hydrogens is 364 g/mol. The molecule has 0 saturated carbocycles. The number of nitrogens with one attached hydrogen (secondary N) is 1. The van der Waals surface area contributed by atoms with E-state index in [-0.39, 0.29) is 16.6 Å². The molecule has 0 amide bonds. The molecule has 0 radical (unpaired) electrons. The molecule has 8 heteroatoms. The predicted molar refractivity (Wildman–Crippen MR) is 88.7 cm³/mol. The standard InChI is InChI=1S/C16H9Cl2F3N2O/c17-9-2-4-13-10(6-9)11(15(24)23-13)7-22-14-5-8(16(19,20)21)1-3-12(14)18/h1-7,23-24H. The predicted octanol–water partition coefficient (Wildman–Crippen LogP) is 5.95. The van der Waals surface area contributed by atoms with Gasteiger partial charge in [-0.05, 0) is 36.4 Å². The molecule has 3 nitrogen and oxygen atoms in total. The van der Waals surface area contributed by atoms with Gasteiger partial charge in [-0.3, -0.25) is 4.99 Å². The summed E-state index contributed by atoms with van der Waals surface area (Å²) in [5.74, 6) is -0.167. The van der Waals surface area contributed by atoms with E-state index in [1.54, 1.807) is 18.2 Å². The lowest BCUT2D eigenvalue weighted by atomic mass is 10.1. The van der Waals surface area contributed by atoms with Crippen molar-refractivity contribution >= 4 is 46.0 Å². The van der Waals surface area contributed by atoms with E-state index in [2.05, 4.69) is 9.98 Å². The van der Waals surface area contributed by atoms with Crippen LogP contribution in [0.2, 0.25) is 10.0 Å². The Kier molecular flexibility index (Phi) is 4.19. The molecule has 0 fully saturated rings. The van der Waals surface area contributed by atoms with Crippen LogP contribution in [0.5, 0.6) is 5.88 Å². The molecule has 124 valence electrons. The summed E-state index contributed by atoms with van der Waals surface area (Å²) in [6.07, 6.45) is -3.25. The van der Waals surface area contributed by atoms with Gasteiger partial charge in [0.05, 0.1) is 21.8 Å². The SMILES string of the molecule is Oc1[nH]c2ccc(Cl)cc2c1C=Nc1cc(C(F)(F)F)ccc1Cl. The molecule has 0 aliphatic heterocycles. The first-order valence-corrected chi connectivity index (χ1v) is 7.42. The number of aromatic hydroxyl groups is 1. The average Bonchev–Trinajstić information content (AvgIpc) is 2.80. The van der Waals surface area contributed by atoms with Crippen molar-refractivity contribution in [2.45, 2.75) is 6.18 Å². The van der Waals surface area contributed by atoms with Crippen LogP contribution in [0.1, 0.15) is 11.1 Å². The van der Waals surface area contributed by atoms with Gasteiger partial charge in [0, 0.05) is 22.1 Å². The number of rotatable bonds is 2. The third-order valence-electron chi connectivity index (χ3n) is 3.39. The minimum atomic E-state index is -4.49. The van der Waals surface area contributed by atoms with Gasteiger partial charge in [0.15, 0.2) is 5.88 Å². The van der Waals surface area contributed by atoms with Crippen LogP contribution in [0, 0.1) is 0 Å². The van der Waals surface area contributed by atoms with E-state index in [0.29, 0.717) is 21.5 Å². The van der Waals surface area contributed by atoms with Gasteiger partial charge in [0.2, 0.25) is 0 Å². The highest BCUT2D eigenvalue weighted by Gasteiger charge is 2.30. The number of benzene rings is 2. The van der Waals surface area contributed by atoms with Crippen molar-refractivity contribution in [3.8, 4) is 5.88 Å². The second-order valence-corrected chi connectivity index (χ2v) is 5.84. The maximum absolute atomic E-state index is 12.8. The topological polar surface area (TPSA) is 48.4 Å². The average molecular weight is 373 g/mol. The number of aromatic nitrogens is 1. The Labute approximate surface area is 144 Å². The quantitative estimate of drug-likeness (QED) is 0.536. The highest BCUT2D eigenvalue weighted by Crippen LogP contribution is 2.35. The van der Waals surface area contributed by atoms with E-state index in [1.807, 2.05) is 0 Å². The molecule has 0 atom stereocenters. The smallest absolute Gasteiger partial charge is 0.416 e. The van der Waals surface area contributed by atoms with Crippen molar-refractivity contribution in [1.82, 2.24) is 4.98 Å². The minimum absolute atomic E-state index is 0.0535. The number of aromatic amines is 1. The summed E-state index contributed by atoms with van der Waals surface area (Å²) in [4.78, 5) is 6.72. The zero-order valence-electron chi connectivity index (χ0n) is 11.8. The molecular formula is C16H9Cl2F3N2O. The van der Waals surface area contributed by atoms with Crippen LogP contribution in [0.25, 0.3) is 10.9 Å². The molecule has 0 aliphatic carbocycles. The Hall–Kier alpha value is -2.18. The maximum Gasteiger partial charge on any atom is 0.416 e. The van der Waals surface area contributed by atoms with Crippen LogP contribution in [0.4, 0.5) is 18.9 Å².